The fraction of sp³-hybridized carbons (Fsp3) is 0.917. The van der Waals surface area contributed by atoms with E-state index >= 15 is 0 Å². The second-order valence-electron chi connectivity index (χ2n) is 4.92. The number of ether oxygens (including phenoxy) is 1. The lowest BCUT2D eigenvalue weighted by molar-refractivity contribution is -0.189. The lowest BCUT2D eigenvalue weighted by Crippen LogP contribution is -2.33. The topological polar surface area (TPSA) is 29.5 Å². The summed E-state index contributed by atoms with van der Waals surface area (Å²) in [5.41, 5.74) is -1.55. The van der Waals surface area contributed by atoms with Crippen molar-refractivity contribution in [1.29, 1.82) is 0 Å². The predicted octanol–water partition coefficient (Wildman–Crippen LogP) is 3.59. The Morgan fingerprint density at radius 2 is 2.00 bits per heavy atom. The van der Waals surface area contributed by atoms with Crippen molar-refractivity contribution in [3.63, 3.8) is 0 Å². The van der Waals surface area contributed by atoms with Crippen molar-refractivity contribution in [3.8, 4) is 0 Å². The van der Waals surface area contributed by atoms with Gasteiger partial charge in [0.2, 0.25) is 0 Å². The van der Waals surface area contributed by atoms with Gasteiger partial charge in [-0.25, -0.2) is 4.79 Å². The highest BCUT2D eigenvalue weighted by Gasteiger charge is 2.62. The quantitative estimate of drug-likeness (QED) is 0.688. The molecular formula is C12H20F3NO2. The van der Waals surface area contributed by atoms with E-state index in [2.05, 4.69) is 0 Å². The summed E-state index contributed by atoms with van der Waals surface area (Å²) in [5, 5.41) is 0. The first kappa shape index (κ1) is 15.1. The third-order valence-corrected chi connectivity index (χ3v) is 3.42. The van der Waals surface area contributed by atoms with Crippen LogP contribution in [0, 0.1) is 5.41 Å². The second-order valence-corrected chi connectivity index (χ2v) is 4.92. The van der Waals surface area contributed by atoms with E-state index < -0.39 is 17.7 Å². The molecule has 0 aromatic heterocycles. The van der Waals surface area contributed by atoms with Gasteiger partial charge < -0.3 is 9.64 Å². The number of unbranched alkanes of at least 4 members (excludes halogenated alkanes) is 1. The lowest BCUT2D eigenvalue weighted by atomic mass is 10.0. The average molecular weight is 267 g/mol. The molecule has 0 atom stereocenters. The number of rotatable bonds is 6. The molecule has 106 valence electrons. The van der Waals surface area contributed by atoms with Crippen molar-refractivity contribution in [1.82, 2.24) is 4.90 Å². The molecule has 1 aliphatic rings. The van der Waals surface area contributed by atoms with Crippen LogP contribution in [0.2, 0.25) is 0 Å². The fourth-order valence-corrected chi connectivity index (χ4v) is 1.71. The van der Waals surface area contributed by atoms with Crippen LogP contribution >= 0.6 is 0 Å². The van der Waals surface area contributed by atoms with Gasteiger partial charge in [-0.2, -0.15) is 13.2 Å². The molecular weight excluding hydrogens is 247 g/mol. The van der Waals surface area contributed by atoms with E-state index in [0.29, 0.717) is 6.61 Å². The van der Waals surface area contributed by atoms with Crippen LogP contribution < -0.4 is 0 Å². The number of nitrogens with zero attached hydrogens (tertiary/aromatic N) is 1. The van der Waals surface area contributed by atoms with Crippen LogP contribution in [0.5, 0.6) is 0 Å². The standard InChI is InChI=1S/C12H20F3NO2/c1-3-4-9-18-10(17)16(2)8-7-11(5-6-11)12(13,14)15/h3-9H2,1-2H3. The highest BCUT2D eigenvalue weighted by Crippen LogP contribution is 2.59. The van der Waals surface area contributed by atoms with Gasteiger partial charge in [0, 0.05) is 13.6 Å². The van der Waals surface area contributed by atoms with E-state index in [0.717, 1.165) is 12.8 Å². The summed E-state index contributed by atoms with van der Waals surface area (Å²) in [5.74, 6) is 0. The number of carbonyl (C=O) groups is 1. The number of carbonyl (C=O) groups excluding carboxylic acids is 1. The molecule has 1 amide bonds. The number of halogens is 3. The van der Waals surface area contributed by atoms with Crippen LogP contribution in [0.4, 0.5) is 18.0 Å². The molecule has 1 rings (SSSR count). The van der Waals surface area contributed by atoms with Crippen molar-refractivity contribution in [2.75, 3.05) is 20.2 Å². The first-order valence-electron chi connectivity index (χ1n) is 6.27. The Bertz CT molecular complexity index is 288. The summed E-state index contributed by atoms with van der Waals surface area (Å²) >= 11 is 0. The average Bonchev–Trinajstić information content (AvgIpc) is 3.06. The Labute approximate surface area is 105 Å². The molecule has 18 heavy (non-hydrogen) atoms. The molecule has 0 radical (unpaired) electrons. The summed E-state index contributed by atoms with van der Waals surface area (Å²) in [6.07, 6.45) is -2.69. The molecule has 6 heteroatoms. The summed E-state index contributed by atoms with van der Waals surface area (Å²) in [7, 11) is 1.47. The van der Waals surface area contributed by atoms with Crippen LogP contribution in [-0.2, 0) is 4.74 Å². The Morgan fingerprint density at radius 3 is 2.44 bits per heavy atom. The van der Waals surface area contributed by atoms with Gasteiger partial charge in [-0.15, -0.1) is 0 Å². The molecule has 1 saturated carbocycles. The zero-order valence-corrected chi connectivity index (χ0v) is 10.8. The van der Waals surface area contributed by atoms with E-state index in [1.165, 1.54) is 11.9 Å². The van der Waals surface area contributed by atoms with Crippen molar-refractivity contribution in [3.05, 3.63) is 0 Å². The Hall–Kier alpha value is -0.940. The van der Waals surface area contributed by atoms with Crippen LogP contribution in [0.1, 0.15) is 39.0 Å². The molecule has 0 bridgehead atoms. The van der Waals surface area contributed by atoms with Crippen LogP contribution in [-0.4, -0.2) is 37.4 Å². The van der Waals surface area contributed by atoms with Crippen LogP contribution in [0.25, 0.3) is 0 Å². The largest absolute Gasteiger partial charge is 0.449 e. The van der Waals surface area contributed by atoms with E-state index in [1.54, 1.807) is 0 Å². The highest BCUT2D eigenvalue weighted by molar-refractivity contribution is 5.67. The Kier molecular flexibility index (Phi) is 4.87. The third kappa shape index (κ3) is 3.78. The molecule has 3 nitrogen and oxygen atoms in total. The zero-order chi connectivity index (χ0) is 13.8. The summed E-state index contributed by atoms with van der Waals surface area (Å²) in [4.78, 5) is 12.7. The van der Waals surface area contributed by atoms with Gasteiger partial charge in [0.05, 0.1) is 12.0 Å². The minimum absolute atomic E-state index is 0.0319. The van der Waals surface area contributed by atoms with E-state index in [4.69, 9.17) is 4.74 Å². The predicted molar refractivity (Wildman–Crippen MR) is 61.2 cm³/mol. The van der Waals surface area contributed by atoms with Crippen molar-refractivity contribution in [2.45, 2.75) is 45.2 Å². The number of amides is 1. The van der Waals surface area contributed by atoms with E-state index in [-0.39, 0.29) is 25.8 Å². The number of hydrogen-bond acceptors (Lipinski definition) is 2. The van der Waals surface area contributed by atoms with Crippen LogP contribution in [0.3, 0.4) is 0 Å². The van der Waals surface area contributed by atoms with Gasteiger partial charge in [0.15, 0.2) is 0 Å². The molecule has 0 heterocycles. The van der Waals surface area contributed by atoms with Gasteiger partial charge in [0.1, 0.15) is 0 Å². The van der Waals surface area contributed by atoms with E-state index in [1.807, 2.05) is 6.92 Å². The third-order valence-electron chi connectivity index (χ3n) is 3.42. The molecule has 1 aliphatic carbocycles. The molecule has 0 aliphatic heterocycles. The Balaban J connectivity index is 2.29. The maximum Gasteiger partial charge on any atom is 0.409 e. The molecule has 0 unspecified atom stereocenters. The Morgan fingerprint density at radius 1 is 1.39 bits per heavy atom. The van der Waals surface area contributed by atoms with E-state index in [9.17, 15) is 18.0 Å². The SMILES string of the molecule is CCCCOC(=O)N(C)CCC1(C(F)(F)F)CC1. The van der Waals surface area contributed by atoms with Crippen molar-refractivity contribution >= 4 is 6.09 Å². The molecule has 0 saturated heterocycles. The van der Waals surface area contributed by atoms with Gasteiger partial charge in [-0.05, 0) is 25.7 Å². The normalized spacial score (nSPS) is 17.4. The molecule has 0 spiro atoms. The monoisotopic (exact) mass is 267 g/mol. The summed E-state index contributed by atoms with van der Waals surface area (Å²) < 4.78 is 42.9. The van der Waals surface area contributed by atoms with Gasteiger partial charge in [-0.1, -0.05) is 13.3 Å². The first-order valence-corrected chi connectivity index (χ1v) is 6.27. The maximum absolute atomic E-state index is 12.7. The molecule has 0 N–H and O–H groups in total. The molecule has 0 aromatic rings. The molecule has 1 fully saturated rings. The van der Waals surface area contributed by atoms with Crippen molar-refractivity contribution < 1.29 is 22.7 Å². The second kappa shape index (κ2) is 5.80. The van der Waals surface area contributed by atoms with Crippen LogP contribution in [0.15, 0.2) is 0 Å². The minimum atomic E-state index is -4.15. The fourth-order valence-electron chi connectivity index (χ4n) is 1.71. The zero-order valence-electron chi connectivity index (χ0n) is 10.8. The first-order chi connectivity index (χ1) is 8.32. The van der Waals surface area contributed by atoms with Gasteiger partial charge in [-0.3, -0.25) is 0 Å². The lowest BCUT2D eigenvalue weighted by Gasteiger charge is -2.23. The minimum Gasteiger partial charge on any atom is -0.449 e. The van der Waals surface area contributed by atoms with Gasteiger partial charge >= 0.3 is 12.3 Å². The summed E-state index contributed by atoms with van der Waals surface area (Å²) in [6.45, 7) is 2.38. The molecule has 0 aromatic carbocycles. The van der Waals surface area contributed by atoms with Crippen molar-refractivity contribution in [2.24, 2.45) is 5.41 Å². The highest BCUT2D eigenvalue weighted by atomic mass is 19.4. The number of alkyl halides is 3. The maximum atomic E-state index is 12.7. The number of hydrogen-bond donors (Lipinski definition) is 0. The van der Waals surface area contributed by atoms with Gasteiger partial charge in [0.25, 0.3) is 0 Å². The smallest absolute Gasteiger partial charge is 0.409 e. The summed E-state index contributed by atoms with van der Waals surface area (Å²) in [6, 6.07) is 0.